The molecule has 0 saturated carbocycles. The Balaban J connectivity index is 4.01. The predicted molar refractivity (Wildman–Crippen MR) is 62.5 cm³/mol. The van der Waals surface area contributed by atoms with Crippen LogP contribution in [0, 0.1) is 0 Å². The van der Waals surface area contributed by atoms with Crippen LogP contribution >= 0.6 is 0 Å². The molecule has 0 fully saturated rings. The van der Waals surface area contributed by atoms with Gasteiger partial charge in [0.2, 0.25) is 0 Å². The molecule has 0 aliphatic carbocycles. The van der Waals surface area contributed by atoms with Gasteiger partial charge in [0.15, 0.2) is 0 Å². The van der Waals surface area contributed by atoms with Crippen LogP contribution in [0.5, 0.6) is 0 Å². The largest absolute Gasteiger partial charge is 0.460 e. The molecule has 0 unspecified atom stereocenters. The molecule has 0 aromatic carbocycles. The summed E-state index contributed by atoms with van der Waals surface area (Å²) in [5.74, 6) is -0.368. The third-order valence-electron chi connectivity index (χ3n) is 2.16. The van der Waals surface area contributed by atoms with Gasteiger partial charge >= 0.3 is 5.97 Å². The number of nitrogens with one attached hydrogen (secondary N) is 1. The Hall–Kier alpha value is -0.690. The highest BCUT2D eigenvalue weighted by Crippen LogP contribution is 2.08. The normalized spacial score (nSPS) is 12.6. The Bertz CT molecular complexity index is 224. The third-order valence-corrected chi connectivity index (χ3v) is 2.16. The molecule has 0 atom stereocenters. The molecule has 6 heteroatoms. The van der Waals surface area contributed by atoms with Crippen molar-refractivity contribution in [3.8, 4) is 0 Å². The van der Waals surface area contributed by atoms with Gasteiger partial charge < -0.3 is 25.4 Å². The Kier molecular flexibility index (Phi) is 6.62. The average molecular weight is 249 g/mol. The minimum absolute atomic E-state index is 0.110. The van der Waals surface area contributed by atoms with Crippen molar-refractivity contribution in [2.75, 3.05) is 26.4 Å². The van der Waals surface area contributed by atoms with Crippen LogP contribution in [0.1, 0.15) is 27.2 Å². The van der Waals surface area contributed by atoms with Crippen LogP contribution < -0.4 is 5.32 Å². The van der Waals surface area contributed by atoms with E-state index in [9.17, 15) is 4.79 Å². The van der Waals surface area contributed by atoms with Crippen molar-refractivity contribution >= 4 is 5.97 Å². The van der Waals surface area contributed by atoms with E-state index in [0.29, 0.717) is 0 Å². The van der Waals surface area contributed by atoms with E-state index in [1.807, 2.05) is 0 Å². The highest BCUT2D eigenvalue weighted by Gasteiger charge is 2.27. The van der Waals surface area contributed by atoms with Crippen molar-refractivity contribution in [3.05, 3.63) is 0 Å². The molecule has 6 nitrogen and oxygen atoms in total. The van der Waals surface area contributed by atoms with Crippen LogP contribution in [-0.4, -0.2) is 58.8 Å². The zero-order valence-corrected chi connectivity index (χ0v) is 10.7. The van der Waals surface area contributed by atoms with E-state index in [0.717, 1.165) is 0 Å². The van der Waals surface area contributed by atoms with E-state index < -0.39 is 31.0 Å². The molecule has 102 valence electrons. The van der Waals surface area contributed by atoms with E-state index in [4.69, 9.17) is 20.1 Å². The summed E-state index contributed by atoms with van der Waals surface area (Å²) in [6.07, 6.45) is 0.110. The molecular weight excluding hydrogens is 226 g/mol. The van der Waals surface area contributed by atoms with Crippen molar-refractivity contribution in [1.82, 2.24) is 5.32 Å². The first-order valence-electron chi connectivity index (χ1n) is 5.58. The van der Waals surface area contributed by atoms with Gasteiger partial charge in [-0.2, -0.15) is 0 Å². The maximum absolute atomic E-state index is 11.4. The first-order chi connectivity index (χ1) is 7.78. The van der Waals surface area contributed by atoms with Crippen molar-refractivity contribution in [2.24, 2.45) is 0 Å². The molecule has 0 saturated heterocycles. The summed E-state index contributed by atoms with van der Waals surface area (Å²) in [5.41, 5.74) is -1.68. The van der Waals surface area contributed by atoms with Gasteiger partial charge in [-0.15, -0.1) is 0 Å². The van der Waals surface area contributed by atoms with E-state index in [1.165, 1.54) is 0 Å². The number of esters is 1. The summed E-state index contributed by atoms with van der Waals surface area (Å²) in [4.78, 5) is 11.4. The Morgan fingerprint density at radius 2 is 1.59 bits per heavy atom. The second-order valence-corrected chi connectivity index (χ2v) is 5.02. The summed E-state index contributed by atoms with van der Waals surface area (Å²) in [5, 5.41) is 29.8. The lowest BCUT2D eigenvalue weighted by atomic mass is 10.0. The summed E-state index contributed by atoms with van der Waals surface area (Å²) >= 11 is 0. The van der Waals surface area contributed by atoms with Gasteiger partial charge in [0.1, 0.15) is 5.60 Å². The van der Waals surface area contributed by atoms with Crippen LogP contribution in [0.4, 0.5) is 0 Å². The third kappa shape index (κ3) is 6.58. The molecule has 0 heterocycles. The van der Waals surface area contributed by atoms with Crippen LogP contribution in [0.2, 0.25) is 0 Å². The minimum atomic E-state index is -1.15. The van der Waals surface area contributed by atoms with E-state index in [1.54, 1.807) is 20.8 Å². The summed E-state index contributed by atoms with van der Waals surface area (Å²) in [7, 11) is 0. The maximum atomic E-state index is 11.4. The fourth-order valence-electron chi connectivity index (χ4n) is 1.14. The molecule has 17 heavy (non-hydrogen) atoms. The second kappa shape index (κ2) is 6.90. The van der Waals surface area contributed by atoms with Crippen LogP contribution in [0.15, 0.2) is 0 Å². The quantitative estimate of drug-likeness (QED) is 0.433. The molecule has 0 aromatic heterocycles. The van der Waals surface area contributed by atoms with Crippen LogP contribution in [0.25, 0.3) is 0 Å². The van der Waals surface area contributed by atoms with Gasteiger partial charge in [-0.1, -0.05) is 0 Å². The molecule has 0 aliphatic heterocycles. The number of hydrogen-bond donors (Lipinski definition) is 4. The lowest BCUT2D eigenvalue weighted by Crippen LogP contribution is -2.55. The molecule has 0 spiro atoms. The summed E-state index contributed by atoms with van der Waals surface area (Å²) in [6.45, 7) is 4.32. The molecular formula is C11H23NO5. The summed E-state index contributed by atoms with van der Waals surface area (Å²) < 4.78 is 5.09. The Morgan fingerprint density at radius 1 is 1.12 bits per heavy atom. The van der Waals surface area contributed by atoms with Gasteiger partial charge in [0, 0.05) is 6.54 Å². The lowest BCUT2D eigenvalue weighted by molar-refractivity contribution is -0.154. The van der Waals surface area contributed by atoms with Crippen molar-refractivity contribution in [3.63, 3.8) is 0 Å². The van der Waals surface area contributed by atoms with Crippen molar-refractivity contribution in [1.29, 1.82) is 0 Å². The lowest BCUT2D eigenvalue weighted by Gasteiger charge is -2.29. The monoisotopic (exact) mass is 249 g/mol. The molecule has 0 aromatic rings. The fourth-order valence-corrected chi connectivity index (χ4v) is 1.14. The maximum Gasteiger partial charge on any atom is 0.307 e. The van der Waals surface area contributed by atoms with Gasteiger partial charge in [-0.05, 0) is 20.8 Å². The zero-order valence-electron chi connectivity index (χ0n) is 10.7. The molecule has 0 rings (SSSR count). The molecule has 0 radical (unpaired) electrons. The molecule has 0 aliphatic rings. The van der Waals surface area contributed by atoms with Gasteiger partial charge in [-0.3, -0.25) is 4.79 Å². The fraction of sp³-hybridized carbons (Fsp3) is 0.909. The van der Waals surface area contributed by atoms with Crippen LogP contribution in [-0.2, 0) is 9.53 Å². The SMILES string of the molecule is CC(C)(C)OC(=O)CCNC(CO)(CO)CO. The first-order valence-corrected chi connectivity index (χ1v) is 5.58. The minimum Gasteiger partial charge on any atom is -0.460 e. The number of carbonyl (C=O) groups excluding carboxylic acids is 1. The molecule has 0 amide bonds. The Labute approximate surface area is 102 Å². The predicted octanol–water partition coefficient (Wildman–Crippen LogP) is -0.976. The smallest absolute Gasteiger partial charge is 0.307 e. The first kappa shape index (κ1) is 16.3. The number of aliphatic hydroxyl groups is 3. The van der Waals surface area contributed by atoms with Gasteiger partial charge in [0.25, 0.3) is 0 Å². The molecule has 0 bridgehead atoms. The van der Waals surface area contributed by atoms with E-state index in [2.05, 4.69) is 5.32 Å². The Morgan fingerprint density at radius 3 is 1.94 bits per heavy atom. The van der Waals surface area contributed by atoms with Gasteiger partial charge in [-0.25, -0.2) is 0 Å². The highest BCUT2D eigenvalue weighted by atomic mass is 16.6. The van der Waals surface area contributed by atoms with Crippen molar-refractivity contribution in [2.45, 2.75) is 38.3 Å². The van der Waals surface area contributed by atoms with Gasteiger partial charge in [0.05, 0.1) is 31.8 Å². The van der Waals surface area contributed by atoms with E-state index in [-0.39, 0.29) is 18.9 Å². The second-order valence-electron chi connectivity index (χ2n) is 5.02. The van der Waals surface area contributed by atoms with Crippen molar-refractivity contribution < 1.29 is 24.9 Å². The topological polar surface area (TPSA) is 99.0 Å². The standard InChI is InChI=1S/C11H23NO5/c1-10(2,3)17-9(16)4-5-12-11(6-13,7-14)8-15/h12-15H,4-8H2,1-3H3. The number of hydrogen-bond acceptors (Lipinski definition) is 6. The van der Waals surface area contributed by atoms with E-state index >= 15 is 0 Å². The zero-order chi connectivity index (χ0) is 13.5. The average Bonchev–Trinajstić information content (AvgIpc) is 2.22. The highest BCUT2D eigenvalue weighted by molar-refractivity contribution is 5.70. The van der Waals surface area contributed by atoms with Crippen LogP contribution in [0.3, 0.4) is 0 Å². The number of rotatable bonds is 7. The summed E-state index contributed by atoms with van der Waals surface area (Å²) in [6, 6.07) is 0. The number of ether oxygens (including phenoxy) is 1. The number of carbonyl (C=O) groups is 1. The molecule has 4 N–H and O–H groups in total. The number of aliphatic hydroxyl groups excluding tert-OH is 3.